The van der Waals surface area contributed by atoms with E-state index in [4.69, 9.17) is 10.2 Å². The van der Waals surface area contributed by atoms with Crippen molar-refractivity contribution >= 4 is 12.6 Å². The molecule has 2 nitrogen and oxygen atoms in total. The van der Waals surface area contributed by atoms with Gasteiger partial charge < -0.3 is 10.2 Å². The predicted molar refractivity (Wildman–Crippen MR) is 44.2 cm³/mol. The van der Waals surface area contributed by atoms with E-state index < -0.39 is 0 Å². The van der Waals surface area contributed by atoms with Gasteiger partial charge in [-0.2, -0.15) is 12.6 Å². The van der Waals surface area contributed by atoms with Crippen LogP contribution in [0.1, 0.15) is 16.8 Å². The molecule has 0 bridgehead atoms. The normalized spacial score (nSPS) is 13.5. The zero-order chi connectivity index (χ0) is 7.56. The van der Waals surface area contributed by atoms with Gasteiger partial charge in [0.15, 0.2) is 0 Å². The van der Waals surface area contributed by atoms with Crippen LogP contribution in [0.2, 0.25) is 0 Å². The minimum absolute atomic E-state index is 0.0358. The summed E-state index contributed by atoms with van der Waals surface area (Å²) in [4.78, 5) is 0. The Labute approximate surface area is 65.8 Å². The molecule has 0 aromatic carbocycles. The van der Waals surface area contributed by atoms with Crippen molar-refractivity contribution in [1.82, 2.24) is 0 Å². The quantitative estimate of drug-likeness (QED) is 0.639. The lowest BCUT2D eigenvalue weighted by Gasteiger charge is -2.01. The van der Waals surface area contributed by atoms with Crippen LogP contribution >= 0.6 is 12.6 Å². The van der Waals surface area contributed by atoms with Crippen molar-refractivity contribution in [3.05, 3.63) is 23.7 Å². The van der Waals surface area contributed by atoms with Crippen molar-refractivity contribution in [3.8, 4) is 0 Å². The number of rotatable bonds is 2. The summed E-state index contributed by atoms with van der Waals surface area (Å²) in [6, 6.07) is 3.81. The highest BCUT2D eigenvalue weighted by Gasteiger charge is 2.06. The average Bonchev–Trinajstić information content (AvgIpc) is 2.34. The van der Waals surface area contributed by atoms with E-state index >= 15 is 0 Å². The van der Waals surface area contributed by atoms with Crippen molar-refractivity contribution in [2.24, 2.45) is 5.73 Å². The fourth-order valence-corrected chi connectivity index (χ4v) is 0.887. The molecule has 0 aliphatic rings. The molecule has 0 fully saturated rings. The molecule has 0 amide bonds. The first kappa shape index (κ1) is 7.69. The largest absolute Gasteiger partial charge is 0.465 e. The maximum absolute atomic E-state index is 5.38. The van der Waals surface area contributed by atoms with Crippen LogP contribution in [0.3, 0.4) is 0 Å². The van der Waals surface area contributed by atoms with Crippen molar-refractivity contribution < 1.29 is 4.42 Å². The molecule has 0 saturated carbocycles. The van der Waals surface area contributed by atoms with E-state index in [0.717, 1.165) is 11.5 Å². The molecule has 56 valence electrons. The predicted octanol–water partition coefficient (Wildman–Crippen LogP) is 1.52. The van der Waals surface area contributed by atoms with Crippen molar-refractivity contribution in [1.29, 1.82) is 0 Å². The maximum atomic E-state index is 5.38. The molecule has 0 radical (unpaired) electrons. The summed E-state index contributed by atoms with van der Waals surface area (Å²) in [5.74, 6) is 1.76. The summed E-state index contributed by atoms with van der Waals surface area (Å²) in [6.45, 7) is 2.41. The maximum Gasteiger partial charge on any atom is 0.118 e. The molecule has 1 unspecified atom stereocenters. The summed E-state index contributed by atoms with van der Waals surface area (Å²) < 4.78 is 5.28. The van der Waals surface area contributed by atoms with E-state index in [0.29, 0.717) is 6.54 Å². The third kappa shape index (κ3) is 1.55. The second-order valence-electron chi connectivity index (χ2n) is 2.20. The molecule has 0 spiro atoms. The molecule has 1 aromatic rings. The molecule has 1 rings (SSSR count). The second-order valence-corrected chi connectivity index (χ2v) is 2.82. The highest BCUT2D eigenvalue weighted by Crippen LogP contribution is 2.20. The van der Waals surface area contributed by atoms with Gasteiger partial charge in [-0.3, -0.25) is 0 Å². The van der Waals surface area contributed by atoms with Crippen molar-refractivity contribution in [2.75, 3.05) is 6.54 Å². The van der Waals surface area contributed by atoms with Gasteiger partial charge in [-0.25, -0.2) is 0 Å². The SMILES string of the molecule is Cc1ccc(C(S)CN)o1. The number of furan rings is 1. The van der Waals surface area contributed by atoms with Crippen LogP contribution in [0.4, 0.5) is 0 Å². The number of aryl methyl sites for hydroxylation is 1. The molecular weight excluding hydrogens is 146 g/mol. The van der Waals surface area contributed by atoms with Gasteiger partial charge in [-0.15, -0.1) is 0 Å². The number of hydrogen-bond acceptors (Lipinski definition) is 3. The van der Waals surface area contributed by atoms with Gasteiger partial charge in [-0.05, 0) is 19.1 Å². The third-order valence-electron chi connectivity index (χ3n) is 1.31. The number of thiol groups is 1. The Bertz CT molecular complexity index is 209. The minimum atomic E-state index is 0.0358. The van der Waals surface area contributed by atoms with Gasteiger partial charge in [0, 0.05) is 6.54 Å². The van der Waals surface area contributed by atoms with E-state index in [1.165, 1.54) is 0 Å². The Hall–Kier alpha value is -0.410. The Morgan fingerprint density at radius 3 is 2.80 bits per heavy atom. The lowest BCUT2D eigenvalue weighted by atomic mass is 10.3. The van der Waals surface area contributed by atoms with Crippen LogP contribution in [0.25, 0.3) is 0 Å². The Balaban J connectivity index is 2.74. The summed E-state index contributed by atoms with van der Waals surface area (Å²) in [7, 11) is 0. The molecule has 3 heteroatoms. The first-order valence-corrected chi connectivity index (χ1v) is 3.70. The summed E-state index contributed by atoms with van der Waals surface area (Å²) in [5, 5.41) is 0.0358. The molecule has 1 aromatic heterocycles. The minimum Gasteiger partial charge on any atom is -0.465 e. The van der Waals surface area contributed by atoms with Gasteiger partial charge in [0.2, 0.25) is 0 Å². The Morgan fingerprint density at radius 1 is 1.70 bits per heavy atom. The number of nitrogens with two attached hydrogens (primary N) is 1. The van der Waals surface area contributed by atoms with E-state index in [1.807, 2.05) is 19.1 Å². The van der Waals surface area contributed by atoms with Crippen LogP contribution in [0.15, 0.2) is 16.5 Å². The molecule has 1 heterocycles. The molecule has 2 N–H and O–H groups in total. The zero-order valence-electron chi connectivity index (χ0n) is 5.87. The Kier molecular flexibility index (Phi) is 2.40. The lowest BCUT2D eigenvalue weighted by molar-refractivity contribution is 0.482. The van der Waals surface area contributed by atoms with Crippen LogP contribution in [-0.2, 0) is 0 Å². The van der Waals surface area contributed by atoms with Gasteiger partial charge >= 0.3 is 0 Å². The monoisotopic (exact) mass is 157 g/mol. The van der Waals surface area contributed by atoms with Gasteiger partial charge in [0.25, 0.3) is 0 Å². The molecule has 1 atom stereocenters. The zero-order valence-corrected chi connectivity index (χ0v) is 6.77. The van der Waals surface area contributed by atoms with Gasteiger partial charge in [0.05, 0.1) is 5.25 Å². The van der Waals surface area contributed by atoms with E-state index in [9.17, 15) is 0 Å². The van der Waals surface area contributed by atoms with Gasteiger partial charge in [0.1, 0.15) is 11.5 Å². The van der Waals surface area contributed by atoms with Crippen LogP contribution in [0.5, 0.6) is 0 Å². The fraction of sp³-hybridized carbons (Fsp3) is 0.429. The molecule has 0 aliphatic heterocycles. The lowest BCUT2D eigenvalue weighted by Crippen LogP contribution is -2.05. The molecule has 0 saturated heterocycles. The number of hydrogen-bond donors (Lipinski definition) is 2. The highest BCUT2D eigenvalue weighted by molar-refractivity contribution is 7.80. The first-order valence-electron chi connectivity index (χ1n) is 3.18. The molecular formula is C7H11NOS. The summed E-state index contributed by atoms with van der Waals surface area (Å²) >= 11 is 4.21. The smallest absolute Gasteiger partial charge is 0.118 e. The summed E-state index contributed by atoms with van der Waals surface area (Å²) in [5.41, 5.74) is 5.38. The average molecular weight is 157 g/mol. The molecule has 0 aliphatic carbocycles. The Morgan fingerprint density at radius 2 is 2.40 bits per heavy atom. The first-order chi connectivity index (χ1) is 4.74. The van der Waals surface area contributed by atoms with Crippen molar-refractivity contribution in [3.63, 3.8) is 0 Å². The second kappa shape index (κ2) is 3.12. The highest BCUT2D eigenvalue weighted by atomic mass is 32.1. The van der Waals surface area contributed by atoms with Crippen LogP contribution in [-0.4, -0.2) is 6.54 Å². The third-order valence-corrected chi connectivity index (χ3v) is 1.78. The van der Waals surface area contributed by atoms with E-state index in [-0.39, 0.29) is 5.25 Å². The van der Waals surface area contributed by atoms with Gasteiger partial charge in [-0.1, -0.05) is 0 Å². The fourth-order valence-electron chi connectivity index (χ4n) is 0.749. The van der Waals surface area contributed by atoms with Crippen LogP contribution in [0, 0.1) is 6.92 Å². The van der Waals surface area contributed by atoms with Crippen LogP contribution < -0.4 is 5.73 Å². The van der Waals surface area contributed by atoms with E-state index in [1.54, 1.807) is 0 Å². The standard InChI is InChI=1S/C7H11NOS/c1-5-2-3-6(9-5)7(10)4-8/h2-3,7,10H,4,8H2,1H3. The van der Waals surface area contributed by atoms with E-state index in [2.05, 4.69) is 12.6 Å². The van der Waals surface area contributed by atoms with Crippen molar-refractivity contribution in [2.45, 2.75) is 12.2 Å². The summed E-state index contributed by atoms with van der Waals surface area (Å²) in [6.07, 6.45) is 0. The molecule has 10 heavy (non-hydrogen) atoms. The topological polar surface area (TPSA) is 39.2 Å².